The van der Waals surface area contributed by atoms with Crippen LogP contribution in [-0.4, -0.2) is 18.4 Å². The smallest absolute Gasteiger partial charge is 0.255 e. The van der Waals surface area contributed by atoms with Gasteiger partial charge < -0.3 is 5.32 Å². The summed E-state index contributed by atoms with van der Waals surface area (Å²) in [6.45, 7) is 0.0225. The third kappa shape index (κ3) is 5.51. The van der Waals surface area contributed by atoms with E-state index in [0.717, 1.165) is 15.6 Å². The van der Waals surface area contributed by atoms with Crippen LogP contribution in [0.5, 0.6) is 0 Å². The summed E-state index contributed by atoms with van der Waals surface area (Å²) in [7, 11) is 0. The first-order valence-electron chi connectivity index (χ1n) is 9.02. The van der Waals surface area contributed by atoms with Crippen molar-refractivity contribution >= 4 is 33.4 Å². The highest BCUT2D eigenvalue weighted by atomic mass is 79.9. The number of benzene rings is 3. The van der Waals surface area contributed by atoms with Crippen LogP contribution in [0, 0.1) is 0 Å². The van der Waals surface area contributed by atoms with Crippen molar-refractivity contribution in [3.8, 4) is 0 Å². The van der Waals surface area contributed by atoms with Crippen molar-refractivity contribution in [3.63, 3.8) is 0 Å². The molecule has 0 spiro atoms. The van der Waals surface area contributed by atoms with Crippen molar-refractivity contribution in [2.24, 2.45) is 5.84 Å². The lowest BCUT2D eigenvalue weighted by Crippen LogP contribution is -2.39. The molecule has 3 rings (SSSR count). The Morgan fingerprint density at radius 3 is 2.24 bits per heavy atom. The fraction of sp³-hybridized carbons (Fsp3) is 0.0909. The van der Waals surface area contributed by atoms with Crippen LogP contribution in [0.4, 0.5) is 5.69 Å². The molecule has 5 N–H and O–H groups in total. The predicted molar refractivity (Wildman–Crippen MR) is 117 cm³/mol. The van der Waals surface area contributed by atoms with E-state index >= 15 is 0 Å². The van der Waals surface area contributed by atoms with Crippen LogP contribution >= 0.6 is 15.9 Å². The highest BCUT2D eigenvalue weighted by Crippen LogP contribution is 2.31. The number of nitrogens with two attached hydrogens (primary N) is 1. The van der Waals surface area contributed by atoms with Gasteiger partial charge in [0.2, 0.25) is 5.91 Å². The van der Waals surface area contributed by atoms with Gasteiger partial charge in [-0.3, -0.25) is 20.3 Å². The molecule has 3 aromatic carbocycles. The maximum atomic E-state index is 12.7. The van der Waals surface area contributed by atoms with Gasteiger partial charge in [0.05, 0.1) is 12.6 Å². The summed E-state index contributed by atoms with van der Waals surface area (Å²) >= 11 is 3.50. The van der Waals surface area contributed by atoms with Crippen LogP contribution in [0.15, 0.2) is 83.3 Å². The number of anilines is 1. The highest BCUT2D eigenvalue weighted by Gasteiger charge is 2.20. The Morgan fingerprint density at radius 1 is 0.931 bits per heavy atom. The van der Waals surface area contributed by atoms with Gasteiger partial charge in [0.15, 0.2) is 0 Å². The van der Waals surface area contributed by atoms with Crippen molar-refractivity contribution in [1.82, 2.24) is 10.7 Å². The molecule has 7 heteroatoms. The van der Waals surface area contributed by atoms with E-state index in [1.54, 1.807) is 12.1 Å². The molecule has 0 fully saturated rings. The van der Waals surface area contributed by atoms with Crippen LogP contribution in [0.3, 0.4) is 0 Å². The van der Waals surface area contributed by atoms with Gasteiger partial charge in [-0.25, -0.2) is 5.84 Å². The van der Waals surface area contributed by atoms with E-state index in [9.17, 15) is 9.59 Å². The molecule has 0 aliphatic carbocycles. The minimum absolute atomic E-state index is 0.0225. The number of hydrogen-bond acceptors (Lipinski definition) is 4. The molecule has 0 unspecified atom stereocenters. The average Bonchev–Trinajstić information content (AvgIpc) is 2.76. The molecule has 0 radical (unpaired) electrons. The van der Waals surface area contributed by atoms with Gasteiger partial charge in [0, 0.05) is 15.7 Å². The normalized spacial score (nSPS) is 11.5. The Bertz CT molecular complexity index is 981. The second kappa shape index (κ2) is 9.97. The summed E-state index contributed by atoms with van der Waals surface area (Å²) < 4.78 is 0.858. The Labute approximate surface area is 177 Å². The first-order valence-corrected chi connectivity index (χ1v) is 9.81. The fourth-order valence-electron chi connectivity index (χ4n) is 2.97. The van der Waals surface area contributed by atoms with E-state index < -0.39 is 0 Å². The van der Waals surface area contributed by atoms with Crippen molar-refractivity contribution in [2.75, 3.05) is 11.9 Å². The summed E-state index contributed by atoms with van der Waals surface area (Å²) in [5.74, 6) is 4.67. The van der Waals surface area contributed by atoms with Crippen LogP contribution < -0.4 is 21.9 Å². The first-order chi connectivity index (χ1) is 14.1. The Hall–Kier alpha value is -3.00. The molecule has 6 nitrogen and oxygen atoms in total. The SMILES string of the molecule is NNC(=O)CN[C@@H](c1ccccc1)c1cc(Br)ccc1NC(=O)c1ccccc1. The summed E-state index contributed by atoms with van der Waals surface area (Å²) in [6, 6.07) is 24.0. The van der Waals surface area contributed by atoms with Gasteiger partial charge in [-0.2, -0.15) is 0 Å². The predicted octanol–water partition coefficient (Wildman–Crippen LogP) is 3.37. The molecule has 0 aromatic heterocycles. The van der Waals surface area contributed by atoms with E-state index in [1.807, 2.05) is 66.7 Å². The van der Waals surface area contributed by atoms with Crippen LogP contribution in [0.25, 0.3) is 0 Å². The standard InChI is InChI=1S/C22H21BrN4O2/c23-17-11-12-19(26-22(29)16-9-5-2-6-10-16)18(13-17)21(25-14-20(28)27-24)15-7-3-1-4-8-15/h1-13,21,25H,14,24H2,(H,26,29)(H,27,28)/t21-/m0/s1. The molecule has 0 aliphatic heterocycles. The van der Waals surface area contributed by atoms with Crippen LogP contribution in [-0.2, 0) is 4.79 Å². The lowest BCUT2D eigenvalue weighted by molar-refractivity contribution is -0.120. The second-order valence-electron chi connectivity index (χ2n) is 6.34. The Morgan fingerprint density at radius 2 is 1.59 bits per heavy atom. The second-order valence-corrected chi connectivity index (χ2v) is 7.26. The van der Waals surface area contributed by atoms with Gasteiger partial charge in [0.25, 0.3) is 5.91 Å². The maximum Gasteiger partial charge on any atom is 0.255 e. The molecule has 0 heterocycles. The largest absolute Gasteiger partial charge is 0.322 e. The lowest BCUT2D eigenvalue weighted by atomic mass is 9.96. The monoisotopic (exact) mass is 452 g/mol. The van der Waals surface area contributed by atoms with Gasteiger partial charge in [-0.05, 0) is 41.5 Å². The quantitative estimate of drug-likeness (QED) is 0.251. The number of carbonyl (C=O) groups is 2. The summed E-state index contributed by atoms with van der Waals surface area (Å²) in [5.41, 5.74) is 5.10. The maximum absolute atomic E-state index is 12.7. The van der Waals surface area contributed by atoms with Crippen LogP contribution in [0.1, 0.15) is 27.5 Å². The molecule has 0 saturated heterocycles. The third-order valence-corrected chi connectivity index (χ3v) is 4.86. The van der Waals surface area contributed by atoms with Crippen molar-refractivity contribution in [3.05, 3.63) is 100 Å². The molecule has 0 bridgehead atoms. The number of carbonyl (C=O) groups excluding carboxylic acids is 2. The summed E-state index contributed by atoms with van der Waals surface area (Å²) in [6.07, 6.45) is 0. The molecule has 0 aliphatic rings. The number of rotatable bonds is 7. The zero-order valence-corrected chi connectivity index (χ0v) is 17.1. The zero-order valence-electron chi connectivity index (χ0n) is 15.6. The van der Waals surface area contributed by atoms with Crippen molar-refractivity contribution in [2.45, 2.75) is 6.04 Å². The Kier molecular flexibility index (Phi) is 7.13. The minimum Gasteiger partial charge on any atom is -0.322 e. The number of nitrogens with one attached hydrogen (secondary N) is 3. The molecule has 0 saturated carbocycles. The molecule has 29 heavy (non-hydrogen) atoms. The van der Waals surface area contributed by atoms with Crippen LogP contribution in [0.2, 0.25) is 0 Å². The van der Waals surface area contributed by atoms with E-state index in [-0.39, 0.29) is 24.4 Å². The number of amides is 2. The molecular formula is C22H21BrN4O2. The summed E-state index contributed by atoms with van der Waals surface area (Å²) in [5, 5.41) is 6.20. The van der Waals surface area contributed by atoms with Gasteiger partial charge in [-0.15, -0.1) is 0 Å². The molecule has 2 amide bonds. The molecule has 3 aromatic rings. The first kappa shape index (κ1) is 20.7. The van der Waals surface area contributed by atoms with E-state index in [4.69, 9.17) is 5.84 Å². The van der Waals surface area contributed by atoms with E-state index in [2.05, 4.69) is 32.0 Å². The van der Waals surface area contributed by atoms with E-state index in [1.165, 1.54) is 0 Å². The molecule has 1 atom stereocenters. The Balaban J connectivity index is 1.97. The average molecular weight is 453 g/mol. The minimum atomic E-state index is -0.337. The fourth-order valence-corrected chi connectivity index (χ4v) is 3.35. The number of hydrazine groups is 1. The van der Waals surface area contributed by atoms with Gasteiger partial charge >= 0.3 is 0 Å². The van der Waals surface area contributed by atoms with E-state index in [0.29, 0.717) is 11.3 Å². The van der Waals surface area contributed by atoms with Crippen molar-refractivity contribution in [1.29, 1.82) is 0 Å². The number of halogens is 1. The summed E-state index contributed by atoms with van der Waals surface area (Å²) in [4.78, 5) is 24.4. The molecular weight excluding hydrogens is 432 g/mol. The van der Waals surface area contributed by atoms with Gasteiger partial charge in [0.1, 0.15) is 0 Å². The zero-order chi connectivity index (χ0) is 20.6. The third-order valence-electron chi connectivity index (χ3n) is 4.37. The molecule has 148 valence electrons. The number of hydrogen-bond donors (Lipinski definition) is 4. The van der Waals surface area contributed by atoms with Crippen molar-refractivity contribution < 1.29 is 9.59 Å². The lowest BCUT2D eigenvalue weighted by Gasteiger charge is -2.23. The highest BCUT2D eigenvalue weighted by molar-refractivity contribution is 9.10. The topological polar surface area (TPSA) is 96.2 Å². The van der Waals surface area contributed by atoms with Gasteiger partial charge in [-0.1, -0.05) is 64.5 Å².